The van der Waals surface area contributed by atoms with Gasteiger partial charge in [-0.15, -0.1) is 6.92 Å². The summed E-state index contributed by atoms with van der Waals surface area (Å²) in [6.45, 7) is 21.4. The normalized spacial score (nSPS) is 21.7. The third-order valence-corrected chi connectivity index (χ3v) is 13.9. The number of rotatable bonds is 6. The van der Waals surface area contributed by atoms with E-state index in [1.165, 1.54) is 28.7 Å². The van der Waals surface area contributed by atoms with Crippen molar-refractivity contribution < 1.29 is 21.7 Å². The van der Waals surface area contributed by atoms with Gasteiger partial charge in [0.25, 0.3) is 0 Å². The van der Waals surface area contributed by atoms with E-state index in [0.29, 0.717) is 0 Å². The molecule has 3 atom stereocenters. The van der Waals surface area contributed by atoms with E-state index >= 15 is 0 Å². The zero-order valence-electron chi connectivity index (χ0n) is 20.4. The summed E-state index contributed by atoms with van der Waals surface area (Å²) >= 11 is 0. The van der Waals surface area contributed by atoms with Gasteiger partial charge in [-0.2, -0.15) is 11.1 Å². The van der Waals surface area contributed by atoms with Crippen molar-refractivity contribution in [3.8, 4) is 0 Å². The van der Waals surface area contributed by atoms with Gasteiger partial charge in [-0.1, -0.05) is 89.9 Å². The van der Waals surface area contributed by atoms with E-state index in [1.807, 2.05) is 0 Å². The Bertz CT molecular complexity index is 693. The van der Waals surface area contributed by atoms with Gasteiger partial charge in [0.05, 0.1) is 8.07 Å². The fourth-order valence-corrected chi connectivity index (χ4v) is 10.0. The smallest absolute Gasteiger partial charge is 0.358 e. The van der Waals surface area contributed by atoms with Crippen LogP contribution < -0.4 is 5.19 Å². The predicted molar refractivity (Wildman–Crippen MR) is 128 cm³/mol. The average molecular weight is 432 g/mol. The molecule has 0 bridgehead atoms. The Morgan fingerprint density at radius 2 is 1.43 bits per heavy atom. The number of hydrogen-bond acceptors (Lipinski definition) is 0. The second kappa shape index (κ2) is 11.1. The number of hydrogen-bond donors (Lipinski definition) is 0. The zero-order valence-corrected chi connectivity index (χ0v) is 23.0. The van der Waals surface area contributed by atoms with Crippen molar-refractivity contribution in [3.05, 3.63) is 67.0 Å². The SMILES string of the molecule is CCc1cc(CC)cc([Si](C)(C(C)CC)C2(C)[C-]=C(C)C(C)=C2C)c1.[CH3-].[CH3-].[Ti+3]. The average Bonchev–Trinajstić information content (AvgIpc) is 2.83. The van der Waals surface area contributed by atoms with Gasteiger partial charge in [-0.05, 0) is 29.5 Å². The molecule has 155 valence electrons. The van der Waals surface area contributed by atoms with Crippen molar-refractivity contribution in [1.82, 2.24) is 0 Å². The molecule has 0 N–H and O–H groups in total. The third kappa shape index (κ3) is 4.68. The standard InChI is InChI=1S/C24H37Si.2CH3.Ti/c1-10-18(5)25(9,24(8)16-17(4)19(6)20(24)7)23-14-21(11-2)13-22(12-3)15-23;;;/h13-15,18H,10-12H2,1-9H3;2*1H3;/q3*-1;+3. The predicted octanol–water partition coefficient (Wildman–Crippen LogP) is 7.65. The van der Waals surface area contributed by atoms with Gasteiger partial charge in [0.2, 0.25) is 0 Å². The van der Waals surface area contributed by atoms with Crippen molar-refractivity contribution >= 4 is 13.3 Å². The van der Waals surface area contributed by atoms with Crippen LogP contribution in [0.3, 0.4) is 0 Å². The molecule has 1 aliphatic rings. The summed E-state index contributed by atoms with van der Waals surface area (Å²) in [5, 5.41) is 1.73. The first-order valence-corrected chi connectivity index (χ1v) is 12.7. The van der Waals surface area contributed by atoms with Crippen molar-refractivity contribution in [1.29, 1.82) is 0 Å². The summed E-state index contributed by atoms with van der Waals surface area (Å²) < 4.78 is 0. The molecule has 1 aromatic carbocycles. The van der Waals surface area contributed by atoms with Gasteiger partial charge in [-0.25, -0.2) is 5.57 Å². The Balaban J connectivity index is 0. The molecular formula is C26H43SiTi. The topological polar surface area (TPSA) is 0 Å². The van der Waals surface area contributed by atoms with Crippen LogP contribution in [0.1, 0.15) is 72.9 Å². The van der Waals surface area contributed by atoms with Crippen LogP contribution in [0.4, 0.5) is 0 Å². The first kappa shape index (κ1) is 29.8. The molecule has 28 heavy (non-hydrogen) atoms. The Morgan fingerprint density at radius 1 is 0.964 bits per heavy atom. The van der Waals surface area contributed by atoms with Gasteiger partial charge in [0.1, 0.15) is 0 Å². The molecule has 0 nitrogen and oxygen atoms in total. The second-order valence-electron chi connectivity index (χ2n) is 8.38. The monoisotopic (exact) mass is 431 g/mol. The minimum atomic E-state index is -1.85. The molecule has 0 saturated carbocycles. The fraction of sp³-hybridized carbons (Fsp3) is 0.538. The number of benzene rings is 1. The molecule has 0 aromatic heterocycles. The molecule has 1 radical (unpaired) electrons. The third-order valence-electron chi connectivity index (χ3n) is 7.42. The van der Waals surface area contributed by atoms with Gasteiger partial charge < -0.3 is 14.9 Å². The van der Waals surface area contributed by atoms with Crippen LogP contribution in [0, 0.1) is 20.9 Å². The molecule has 0 aliphatic heterocycles. The number of aryl methyl sites for hydroxylation is 2. The van der Waals surface area contributed by atoms with Crippen LogP contribution in [-0.2, 0) is 34.6 Å². The van der Waals surface area contributed by atoms with Crippen LogP contribution in [0.5, 0.6) is 0 Å². The summed E-state index contributed by atoms with van der Waals surface area (Å²) in [5.74, 6) is 0. The first-order chi connectivity index (χ1) is 11.6. The summed E-state index contributed by atoms with van der Waals surface area (Å²) in [6, 6.07) is 7.46. The number of allylic oxidation sites excluding steroid dienone is 4. The Hall–Kier alpha value is -0.369. The van der Waals surface area contributed by atoms with Crippen LogP contribution in [-0.4, -0.2) is 8.07 Å². The molecule has 1 aromatic rings. The van der Waals surface area contributed by atoms with E-state index in [9.17, 15) is 0 Å². The fourth-order valence-electron chi connectivity index (χ4n) is 4.68. The molecular weight excluding hydrogens is 388 g/mol. The van der Waals surface area contributed by atoms with Crippen LogP contribution in [0.25, 0.3) is 0 Å². The van der Waals surface area contributed by atoms with E-state index < -0.39 is 8.07 Å². The molecule has 0 amide bonds. The van der Waals surface area contributed by atoms with E-state index in [0.717, 1.165) is 18.4 Å². The zero-order chi connectivity index (χ0) is 19.0. The minimum absolute atomic E-state index is 0. The molecule has 1 aliphatic carbocycles. The molecule has 0 saturated heterocycles. The molecule has 0 fully saturated rings. The summed E-state index contributed by atoms with van der Waals surface area (Å²) in [4.78, 5) is 0. The molecule has 3 unspecified atom stereocenters. The van der Waals surface area contributed by atoms with Gasteiger partial charge in [-0.3, -0.25) is 6.08 Å². The first-order valence-electron chi connectivity index (χ1n) is 10.1. The molecule has 2 heteroatoms. The van der Waals surface area contributed by atoms with Crippen LogP contribution in [0.2, 0.25) is 17.1 Å². The quantitative estimate of drug-likeness (QED) is 0.320. The van der Waals surface area contributed by atoms with Crippen LogP contribution >= 0.6 is 0 Å². The van der Waals surface area contributed by atoms with Gasteiger partial charge in [0, 0.05) is 0 Å². The van der Waals surface area contributed by atoms with Gasteiger partial charge in [0.15, 0.2) is 0 Å². The Labute approximate surface area is 193 Å². The molecule has 0 spiro atoms. The Kier molecular flexibility index (Phi) is 11.9. The molecule has 0 heterocycles. The van der Waals surface area contributed by atoms with E-state index in [-0.39, 0.29) is 41.6 Å². The van der Waals surface area contributed by atoms with Crippen molar-refractivity contribution in [2.24, 2.45) is 0 Å². The maximum atomic E-state index is 3.96. The summed E-state index contributed by atoms with van der Waals surface area (Å²) in [7, 11) is -1.85. The largest absolute Gasteiger partial charge is 3.00 e. The second-order valence-corrected chi connectivity index (χ2v) is 13.3. The van der Waals surface area contributed by atoms with Crippen molar-refractivity contribution in [2.75, 3.05) is 0 Å². The maximum absolute atomic E-state index is 3.96. The maximum Gasteiger partial charge on any atom is 3.00 e. The van der Waals surface area contributed by atoms with Crippen molar-refractivity contribution in [2.45, 2.75) is 91.8 Å². The molecule has 2 rings (SSSR count). The van der Waals surface area contributed by atoms with Crippen molar-refractivity contribution in [3.63, 3.8) is 0 Å². The van der Waals surface area contributed by atoms with E-state index in [1.54, 1.807) is 10.8 Å². The minimum Gasteiger partial charge on any atom is -0.358 e. The van der Waals surface area contributed by atoms with Gasteiger partial charge >= 0.3 is 21.7 Å². The Morgan fingerprint density at radius 3 is 1.75 bits per heavy atom. The summed E-state index contributed by atoms with van der Waals surface area (Å²) in [5.41, 5.74) is 8.10. The van der Waals surface area contributed by atoms with Crippen LogP contribution in [0.15, 0.2) is 34.9 Å². The van der Waals surface area contributed by atoms with E-state index in [4.69, 9.17) is 0 Å². The van der Waals surface area contributed by atoms with E-state index in [2.05, 4.69) is 86.2 Å². The summed E-state index contributed by atoms with van der Waals surface area (Å²) in [6.07, 6.45) is 7.44.